The number of hydrazine groups is 1. The summed E-state index contributed by atoms with van der Waals surface area (Å²) in [5.41, 5.74) is 3.56. The SMILES string of the molecule is CN(C)C(=O)c1cncc(NN)c1. The van der Waals surface area contributed by atoms with Crippen LogP contribution in [0.5, 0.6) is 0 Å². The van der Waals surface area contributed by atoms with Crippen molar-refractivity contribution in [2.24, 2.45) is 5.84 Å². The summed E-state index contributed by atoms with van der Waals surface area (Å²) in [6.07, 6.45) is 3.05. The number of nitrogen functional groups attached to an aromatic ring is 1. The fraction of sp³-hybridized carbons (Fsp3) is 0.250. The minimum atomic E-state index is -0.0930. The van der Waals surface area contributed by atoms with Crippen LogP contribution < -0.4 is 11.3 Å². The minimum absolute atomic E-state index is 0.0930. The maximum absolute atomic E-state index is 11.4. The van der Waals surface area contributed by atoms with E-state index in [4.69, 9.17) is 5.84 Å². The van der Waals surface area contributed by atoms with Crippen molar-refractivity contribution in [3.8, 4) is 0 Å². The molecule has 0 aromatic carbocycles. The first-order valence-electron chi connectivity index (χ1n) is 3.78. The zero-order valence-corrected chi connectivity index (χ0v) is 7.61. The summed E-state index contributed by atoms with van der Waals surface area (Å²) in [6.45, 7) is 0. The molecular weight excluding hydrogens is 168 g/mol. The number of anilines is 1. The Bertz CT molecular complexity index is 311. The highest BCUT2D eigenvalue weighted by molar-refractivity contribution is 5.94. The number of carbonyl (C=O) groups excluding carboxylic acids is 1. The predicted molar refractivity (Wildman–Crippen MR) is 50.1 cm³/mol. The Labute approximate surface area is 76.5 Å². The summed E-state index contributed by atoms with van der Waals surface area (Å²) in [4.78, 5) is 16.8. The van der Waals surface area contributed by atoms with Gasteiger partial charge in [-0.05, 0) is 6.07 Å². The van der Waals surface area contributed by atoms with Gasteiger partial charge in [0.25, 0.3) is 5.91 Å². The molecule has 0 saturated carbocycles. The van der Waals surface area contributed by atoms with E-state index >= 15 is 0 Å². The lowest BCUT2D eigenvalue weighted by atomic mass is 10.2. The lowest BCUT2D eigenvalue weighted by molar-refractivity contribution is 0.0827. The van der Waals surface area contributed by atoms with Crippen molar-refractivity contribution in [1.82, 2.24) is 9.88 Å². The van der Waals surface area contributed by atoms with Crippen LogP contribution in [0.4, 0.5) is 5.69 Å². The third-order valence-corrected chi connectivity index (χ3v) is 1.56. The zero-order chi connectivity index (χ0) is 9.84. The van der Waals surface area contributed by atoms with Crippen LogP contribution >= 0.6 is 0 Å². The van der Waals surface area contributed by atoms with Gasteiger partial charge in [-0.2, -0.15) is 0 Å². The Morgan fingerprint density at radius 3 is 2.77 bits per heavy atom. The Kier molecular flexibility index (Phi) is 2.81. The van der Waals surface area contributed by atoms with Crippen LogP contribution in [0.1, 0.15) is 10.4 Å². The van der Waals surface area contributed by atoms with Gasteiger partial charge in [0.15, 0.2) is 0 Å². The van der Waals surface area contributed by atoms with E-state index in [1.54, 1.807) is 26.4 Å². The highest BCUT2D eigenvalue weighted by atomic mass is 16.2. The number of hydrogen-bond acceptors (Lipinski definition) is 4. The molecule has 0 spiro atoms. The monoisotopic (exact) mass is 180 g/mol. The Morgan fingerprint density at radius 2 is 2.23 bits per heavy atom. The molecule has 0 unspecified atom stereocenters. The standard InChI is InChI=1S/C8H12N4O/c1-12(2)8(13)6-3-7(11-9)5-10-4-6/h3-5,11H,9H2,1-2H3. The van der Waals surface area contributed by atoms with Gasteiger partial charge in [0.1, 0.15) is 0 Å². The molecule has 1 rings (SSSR count). The molecule has 13 heavy (non-hydrogen) atoms. The number of nitrogens with one attached hydrogen (secondary N) is 1. The zero-order valence-electron chi connectivity index (χ0n) is 7.61. The first kappa shape index (κ1) is 9.47. The number of aromatic nitrogens is 1. The van der Waals surface area contributed by atoms with Gasteiger partial charge in [0.05, 0.1) is 17.4 Å². The van der Waals surface area contributed by atoms with Crippen molar-refractivity contribution in [3.63, 3.8) is 0 Å². The van der Waals surface area contributed by atoms with Crippen LogP contribution in [-0.2, 0) is 0 Å². The van der Waals surface area contributed by atoms with E-state index < -0.39 is 0 Å². The summed E-state index contributed by atoms with van der Waals surface area (Å²) in [5, 5.41) is 0. The van der Waals surface area contributed by atoms with Gasteiger partial charge in [0.2, 0.25) is 0 Å². The summed E-state index contributed by atoms with van der Waals surface area (Å²) in [7, 11) is 3.37. The molecule has 5 heteroatoms. The number of carbonyl (C=O) groups is 1. The van der Waals surface area contributed by atoms with Crippen molar-refractivity contribution in [3.05, 3.63) is 24.0 Å². The molecule has 1 amide bonds. The van der Waals surface area contributed by atoms with Crippen molar-refractivity contribution < 1.29 is 4.79 Å². The maximum Gasteiger partial charge on any atom is 0.254 e. The number of pyridine rings is 1. The maximum atomic E-state index is 11.4. The van der Waals surface area contributed by atoms with E-state index in [-0.39, 0.29) is 5.91 Å². The van der Waals surface area contributed by atoms with E-state index in [2.05, 4.69) is 10.4 Å². The first-order chi connectivity index (χ1) is 6.15. The second-order valence-corrected chi connectivity index (χ2v) is 2.81. The van der Waals surface area contributed by atoms with E-state index in [0.717, 1.165) is 0 Å². The highest BCUT2D eigenvalue weighted by Gasteiger charge is 2.07. The van der Waals surface area contributed by atoms with Crippen molar-refractivity contribution in [1.29, 1.82) is 0 Å². The molecular formula is C8H12N4O. The molecule has 0 bridgehead atoms. The largest absolute Gasteiger partial charge is 0.345 e. The Balaban J connectivity index is 2.95. The van der Waals surface area contributed by atoms with Gasteiger partial charge in [-0.25, -0.2) is 0 Å². The highest BCUT2D eigenvalue weighted by Crippen LogP contribution is 2.07. The Hall–Kier alpha value is -1.62. The van der Waals surface area contributed by atoms with Gasteiger partial charge in [-0.3, -0.25) is 15.6 Å². The summed E-state index contributed by atoms with van der Waals surface area (Å²) < 4.78 is 0. The van der Waals surface area contributed by atoms with Crippen LogP contribution in [0.25, 0.3) is 0 Å². The smallest absolute Gasteiger partial charge is 0.254 e. The van der Waals surface area contributed by atoms with E-state index in [9.17, 15) is 4.79 Å². The second-order valence-electron chi connectivity index (χ2n) is 2.81. The molecule has 1 heterocycles. The number of rotatable bonds is 2. The molecule has 0 aliphatic heterocycles. The third kappa shape index (κ3) is 2.16. The number of hydrogen-bond donors (Lipinski definition) is 2. The number of amides is 1. The van der Waals surface area contributed by atoms with Gasteiger partial charge >= 0.3 is 0 Å². The van der Waals surface area contributed by atoms with Crippen molar-refractivity contribution in [2.75, 3.05) is 19.5 Å². The van der Waals surface area contributed by atoms with Gasteiger partial charge in [-0.1, -0.05) is 0 Å². The van der Waals surface area contributed by atoms with E-state index in [1.165, 1.54) is 11.1 Å². The average Bonchev–Trinajstić information content (AvgIpc) is 2.16. The van der Waals surface area contributed by atoms with Crippen molar-refractivity contribution in [2.45, 2.75) is 0 Å². The third-order valence-electron chi connectivity index (χ3n) is 1.56. The second kappa shape index (κ2) is 3.86. The molecule has 3 N–H and O–H groups in total. The van der Waals surface area contributed by atoms with E-state index in [1.807, 2.05) is 0 Å². The molecule has 0 radical (unpaired) electrons. The quantitative estimate of drug-likeness (QED) is 0.499. The molecule has 0 atom stereocenters. The van der Waals surface area contributed by atoms with Crippen LogP contribution in [0, 0.1) is 0 Å². The van der Waals surface area contributed by atoms with Gasteiger partial charge < -0.3 is 10.3 Å². The molecule has 0 aliphatic carbocycles. The van der Waals surface area contributed by atoms with Crippen LogP contribution in [-0.4, -0.2) is 29.9 Å². The molecule has 5 nitrogen and oxygen atoms in total. The average molecular weight is 180 g/mol. The van der Waals surface area contributed by atoms with E-state index in [0.29, 0.717) is 11.3 Å². The number of nitrogens with two attached hydrogens (primary N) is 1. The summed E-state index contributed by atoms with van der Waals surface area (Å²) in [5.74, 6) is 5.09. The fourth-order valence-corrected chi connectivity index (χ4v) is 0.894. The fourth-order valence-electron chi connectivity index (χ4n) is 0.894. The van der Waals surface area contributed by atoms with Crippen LogP contribution in [0.3, 0.4) is 0 Å². The minimum Gasteiger partial charge on any atom is -0.345 e. The summed E-state index contributed by atoms with van der Waals surface area (Å²) in [6, 6.07) is 1.65. The van der Waals surface area contributed by atoms with Crippen LogP contribution in [0.2, 0.25) is 0 Å². The molecule has 0 fully saturated rings. The predicted octanol–water partition coefficient (Wildman–Crippen LogP) is 0.0690. The topological polar surface area (TPSA) is 71.2 Å². The Morgan fingerprint density at radius 1 is 1.54 bits per heavy atom. The summed E-state index contributed by atoms with van der Waals surface area (Å²) >= 11 is 0. The first-order valence-corrected chi connectivity index (χ1v) is 3.78. The number of nitrogens with zero attached hydrogens (tertiary/aromatic N) is 2. The molecule has 0 aliphatic rings. The molecule has 70 valence electrons. The van der Waals surface area contributed by atoms with Gasteiger partial charge in [-0.15, -0.1) is 0 Å². The lowest BCUT2D eigenvalue weighted by Crippen LogP contribution is -2.22. The van der Waals surface area contributed by atoms with Crippen molar-refractivity contribution >= 4 is 11.6 Å². The molecule has 1 aromatic rings. The van der Waals surface area contributed by atoms with Gasteiger partial charge in [0, 0.05) is 20.3 Å². The van der Waals surface area contributed by atoms with Crippen LogP contribution in [0.15, 0.2) is 18.5 Å². The lowest BCUT2D eigenvalue weighted by Gasteiger charge is -2.10. The molecule has 1 aromatic heterocycles. The molecule has 0 saturated heterocycles. The normalized spacial score (nSPS) is 9.46.